The molecule has 0 saturated heterocycles. The summed E-state index contributed by atoms with van der Waals surface area (Å²) >= 11 is 3.31. The fourth-order valence-corrected chi connectivity index (χ4v) is 1.58. The zero-order valence-electron chi connectivity index (χ0n) is 8.18. The molecule has 0 amide bonds. The van der Waals surface area contributed by atoms with Crippen LogP contribution in [0.25, 0.3) is 0 Å². The smallest absolute Gasteiger partial charge is 0.330 e. The van der Waals surface area contributed by atoms with Gasteiger partial charge in [-0.15, -0.1) is 0 Å². The number of methoxy groups -OCH3 is 1. The van der Waals surface area contributed by atoms with Gasteiger partial charge in [-0.25, -0.2) is 4.79 Å². The summed E-state index contributed by atoms with van der Waals surface area (Å²) in [6, 6.07) is 7.26. The first-order chi connectivity index (χ1) is 7.15. The van der Waals surface area contributed by atoms with Crippen LogP contribution in [0.4, 0.5) is 0 Å². The van der Waals surface area contributed by atoms with Crippen LogP contribution in [-0.4, -0.2) is 18.2 Å². The van der Waals surface area contributed by atoms with E-state index in [1.54, 1.807) is 6.07 Å². The number of aliphatic hydroxyl groups excluding tert-OH is 1. The van der Waals surface area contributed by atoms with Crippen LogP contribution in [0.3, 0.4) is 0 Å². The lowest BCUT2D eigenvalue weighted by Crippen LogP contribution is -1.98. The van der Waals surface area contributed by atoms with E-state index in [4.69, 9.17) is 0 Å². The standard InChI is InChI=1S/C11H11BrO3/c1-15-11(14)7-6-10(13)8-4-2-3-5-9(8)12/h2-7,10,13H,1H3/b7-6+. The van der Waals surface area contributed by atoms with Crippen molar-refractivity contribution in [3.05, 3.63) is 46.5 Å². The molecule has 3 nitrogen and oxygen atoms in total. The number of hydrogen-bond donors (Lipinski definition) is 1. The summed E-state index contributed by atoms with van der Waals surface area (Å²) in [7, 11) is 1.29. The molecule has 0 saturated carbocycles. The minimum atomic E-state index is -0.820. The predicted octanol–water partition coefficient (Wildman–Crippen LogP) is 2.21. The maximum atomic E-state index is 10.8. The van der Waals surface area contributed by atoms with Crippen LogP contribution in [0.2, 0.25) is 0 Å². The van der Waals surface area contributed by atoms with Crippen molar-refractivity contribution in [1.82, 2.24) is 0 Å². The van der Waals surface area contributed by atoms with E-state index in [9.17, 15) is 9.90 Å². The fraction of sp³-hybridized carbons (Fsp3) is 0.182. The van der Waals surface area contributed by atoms with E-state index in [0.717, 1.165) is 4.47 Å². The van der Waals surface area contributed by atoms with E-state index in [1.807, 2.05) is 18.2 Å². The Balaban J connectivity index is 2.77. The molecule has 0 fully saturated rings. The highest BCUT2D eigenvalue weighted by Crippen LogP contribution is 2.23. The second-order valence-electron chi connectivity index (χ2n) is 2.85. The summed E-state index contributed by atoms with van der Waals surface area (Å²) in [4.78, 5) is 10.8. The SMILES string of the molecule is COC(=O)/C=C/C(O)c1ccccc1Br. The van der Waals surface area contributed by atoms with Gasteiger partial charge in [-0.1, -0.05) is 34.1 Å². The van der Waals surface area contributed by atoms with Gasteiger partial charge in [-0.05, 0) is 17.7 Å². The number of carbonyl (C=O) groups is 1. The molecule has 1 aromatic carbocycles. The lowest BCUT2D eigenvalue weighted by molar-refractivity contribution is -0.134. The summed E-state index contributed by atoms with van der Waals surface area (Å²) in [6.45, 7) is 0. The number of aliphatic hydroxyl groups is 1. The Morgan fingerprint density at radius 2 is 2.20 bits per heavy atom. The molecule has 0 bridgehead atoms. The highest BCUT2D eigenvalue weighted by Gasteiger charge is 2.07. The monoisotopic (exact) mass is 270 g/mol. The van der Waals surface area contributed by atoms with Crippen LogP contribution in [0, 0.1) is 0 Å². The predicted molar refractivity (Wildman–Crippen MR) is 60.3 cm³/mol. The van der Waals surface area contributed by atoms with E-state index < -0.39 is 12.1 Å². The molecule has 15 heavy (non-hydrogen) atoms. The number of halogens is 1. The van der Waals surface area contributed by atoms with Gasteiger partial charge in [0.25, 0.3) is 0 Å². The second-order valence-corrected chi connectivity index (χ2v) is 3.70. The van der Waals surface area contributed by atoms with Crippen molar-refractivity contribution < 1.29 is 14.6 Å². The molecular formula is C11H11BrO3. The van der Waals surface area contributed by atoms with Crippen molar-refractivity contribution >= 4 is 21.9 Å². The summed E-state index contributed by atoms with van der Waals surface area (Å²) in [5.41, 5.74) is 0.706. The zero-order chi connectivity index (χ0) is 11.3. The molecule has 0 radical (unpaired) electrons. The van der Waals surface area contributed by atoms with Crippen molar-refractivity contribution in [2.45, 2.75) is 6.10 Å². The van der Waals surface area contributed by atoms with Gasteiger partial charge in [-0.3, -0.25) is 0 Å². The summed E-state index contributed by atoms with van der Waals surface area (Å²) < 4.78 is 5.22. The van der Waals surface area contributed by atoms with Crippen molar-refractivity contribution in [2.75, 3.05) is 7.11 Å². The molecule has 0 aliphatic carbocycles. The third-order valence-corrected chi connectivity index (χ3v) is 2.56. The van der Waals surface area contributed by atoms with E-state index in [1.165, 1.54) is 19.3 Å². The van der Waals surface area contributed by atoms with E-state index in [0.29, 0.717) is 5.56 Å². The molecule has 0 aliphatic rings. The maximum absolute atomic E-state index is 10.8. The highest BCUT2D eigenvalue weighted by molar-refractivity contribution is 9.10. The van der Waals surface area contributed by atoms with Crippen molar-refractivity contribution in [3.8, 4) is 0 Å². The molecular weight excluding hydrogens is 260 g/mol. The quantitative estimate of drug-likeness (QED) is 0.677. The average Bonchev–Trinajstić information content (AvgIpc) is 2.26. The number of esters is 1. The van der Waals surface area contributed by atoms with Gasteiger partial charge >= 0.3 is 5.97 Å². The van der Waals surface area contributed by atoms with E-state index in [-0.39, 0.29) is 0 Å². The Labute approximate surface area is 96.5 Å². The third kappa shape index (κ3) is 3.49. The first-order valence-electron chi connectivity index (χ1n) is 4.34. The number of carbonyl (C=O) groups excluding carboxylic acids is 1. The number of benzene rings is 1. The van der Waals surface area contributed by atoms with Crippen molar-refractivity contribution in [3.63, 3.8) is 0 Å². The number of ether oxygens (including phenoxy) is 1. The topological polar surface area (TPSA) is 46.5 Å². The molecule has 0 aromatic heterocycles. The van der Waals surface area contributed by atoms with Gasteiger partial charge < -0.3 is 9.84 Å². The summed E-state index contributed by atoms with van der Waals surface area (Å²) in [5.74, 6) is -0.485. The second kappa shape index (κ2) is 5.68. The normalized spacial score (nSPS) is 12.7. The molecule has 0 spiro atoms. The van der Waals surface area contributed by atoms with Gasteiger partial charge in [0.2, 0.25) is 0 Å². The molecule has 1 atom stereocenters. The van der Waals surface area contributed by atoms with Crippen LogP contribution in [0.1, 0.15) is 11.7 Å². The summed E-state index contributed by atoms with van der Waals surface area (Å²) in [5, 5.41) is 9.72. The summed E-state index contributed by atoms with van der Waals surface area (Å²) in [6.07, 6.45) is 1.76. The van der Waals surface area contributed by atoms with Gasteiger partial charge in [-0.2, -0.15) is 0 Å². The average molecular weight is 271 g/mol. The largest absolute Gasteiger partial charge is 0.466 e. The first kappa shape index (κ1) is 11.9. The lowest BCUT2D eigenvalue weighted by atomic mass is 10.1. The van der Waals surface area contributed by atoms with Crippen LogP contribution < -0.4 is 0 Å². The molecule has 80 valence electrons. The van der Waals surface area contributed by atoms with Crippen molar-refractivity contribution in [2.24, 2.45) is 0 Å². The van der Waals surface area contributed by atoms with Crippen LogP contribution in [-0.2, 0) is 9.53 Å². The van der Waals surface area contributed by atoms with Gasteiger partial charge in [0.1, 0.15) is 0 Å². The Bertz CT molecular complexity index is 374. The van der Waals surface area contributed by atoms with E-state index in [2.05, 4.69) is 20.7 Å². The minimum Gasteiger partial charge on any atom is -0.466 e. The van der Waals surface area contributed by atoms with Crippen molar-refractivity contribution in [1.29, 1.82) is 0 Å². The molecule has 1 unspecified atom stereocenters. The van der Waals surface area contributed by atoms with Gasteiger partial charge in [0, 0.05) is 10.5 Å². The maximum Gasteiger partial charge on any atom is 0.330 e. The Morgan fingerprint density at radius 3 is 2.80 bits per heavy atom. The Kier molecular flexibility index (Phi) is 4.52. The highest BCUT2D eigenvalue weighted by atomic mass is 79.9. The minimum absolute atomic E-state index is 0.485. The first-order valence-corrected chi connectivity index (χ1v) is 5.13. The fourth-order valence-electron chi connectivity index (χ4n) is 1.06. The van der Waals surface area contributed by atoms with Crippen LogP contribution in [0.15, 0.2) is 40.9 Å². The molecule has 1 N–H and O–H groups in total. The molecule has 0 heterocycles. The lowest BCUT2D eigenvalue weighted by Gasteiger charge is -2.07. The van der Waals surface area contributed by atoms with Crippen LogP contribution >= 0.6 is 15.9 Å². The van der Waals surface area contributed by atoms with E-state index >= 15 is 0 Å². The molecule has 1 rings (SSSR count). The van der Waals surface area contributed by atoms with Crippen LogP contribution in [0.5, 0.6) is 0 Å². The molecule has 4 heteroatoms. The van der Waals surface area contributed by atoms with Gasteiger partial charge in [0.15, 0.2) is 0 Å². The van der Waals surface area contributed by atoms with Gasteiger partial charge in [0.05, 0.1) is 13.2 Å². The third-order valence-electron chi connectivity index (χ3n) is 1.84. The number of rotatable bonds is 3. The molecule has 0 aliphatic heterocycles. The molecule has 1 aromatic rings. The number of hydrogen-bond acceptors (Lipinski definition) is 3. The Hall–Kier alpha value is -1.13. The zero-order valence-corrected chi connectivity index (χ0v) is 9.77. The Morgan fingerprint density at radius 1 is 1.53 bits per heavy atom.